The van der Waals surface area contributed by atoms with E-state index in [9.17, 15) is 9.59 Å². The van der Waals surface area contributed by atoms with Crippen LogP contribution >= 0.6 is 0 Å². The van der Waals surface area contributed by atoms with E-state index in [0.717, 1.165) is 18.4 Å². The normalized spacial score (nSPS) is 15.5. The van der Waals surface area contributed by atoms with Gasteiger partial charge in [0.2, 0.25) is 0 Å². The first-order valence-electron chi connectivity index (χ1n) is 7.79. The Balaban J connectivity index is 2.03. The van der Waals surface area contributed by atoms with Crippen LogP contribution in [0.1, 0.15) is 38.2 Å². The van der Waals surface area contributed by atoms with Crippen LogP contribution in [0.5, 0.6) is 11.5 Å². The lowest BCUT2D eigenvalue weighted by atomic mass is 10.1. The molecule has 0 radical (unpaired) electrons. The number of unbranched alkanes of at least 4 members (excludes halogenated alkanes) is 3. The van der Waals surface area contributed by atoms with E-state index in [2.05, 4.69) is 17.6 Å². The quantitative estimate of drug-likeness (QED) is 0.439. The standard InChI is InChI=1S/C17H22N2O4/c1-3-4-5-6-9-23-14-8-7-12(11-15(14)22-2)10-13-16(20)19-17(21)18-13/h7-8,10-11H,3-6,9H2,1-2H3,(H2,18,19,20,21)/b13-10-. The van der Waals surface area contributed by atoms with Crippen LogP contribution in [0, 0.1) is 0 Å². The summed E-state index contributed by atoms with van der Waals surface area (Å²) in [4.78, 5) is 22.6. The van der Waals surface area contributed by atoms with E-state index >= 15 is 0 Å². The maximum absolute atomic E-state index is 11.5. The number of ether oxygens (including phenoxy) is 2. The van der Waals surface area contributed by atoms with Crippen molar-refractivity contribution in [2.75, 3.05) is 13.7 Å². The third kappa shape index (κ3) is 4.74. The number of imide groups is 1. The van der Waals surface area contributed by atoms with Crippen molar-refractivity contribution in [2.45, 2.75) is 32.6 Å². The highest BCUT2D eigenvalue weighted by Crippen LogP contribution is 2.29. The van der Waals surface area contributed by atoms with E-state index in [4.69, 9.17) is 9.47 Å². The van der Waals surface area contributed by atoms with Gasteiger partial charge in [-0.1, -0.05) is 32.3 Å². The van der Waals surface area contributed by atoms with E-state index in [1.54, 1.807) is 25.3 Å². The first-order valence-corrected chi connectivity index (χ1v) is 7.79. The minimum absolute atomic E-state index is 0.213. The fourth-order valence-corrected chi connectivity index (χ4v) is 2.25. The summed E-state index contributed by atoms with van der Waals surface area (Å²) >= 11 is 0. The van der Waals surface area contributed by atoms with Crippen molar-refractivity contribution in [2.24, 2.45) is 0 Å². The average Bonchev–Trinajstić information content (AvgIpc) is 2.85. The lowest BCUT2D eigenvalue weighted by molar-refractivity contribution is -0.115. The van der Waals surface area contributed by atoms with Gasteiger partial charge in [-0.25, -0.2) is 4.79 Å². The number of urea groups is 1. The number of methoxy groups -OCH3 is 1. The summed E-state index contributed by atoms with van der Waals surface area (Å²) in [6, 6.07) is 4.88. The van der Waals surface area contributed by atoms with Gasteiger partial charge in [-0.3, -0.25) is 10.1 Å². The van der Waals surface area contributed by atoms with Crippen molar-refractivity contribution < 1.29 is 19.1 Å². The van der Waals surface area contributed by atoms with Gasteiger partial charge in [-0.15, -0.1) is 0 Å². The summed E-state index contributed by atoms with van der Waals surface area (Å²) in [6.07, 6.45) is 6.15. The zero-order valence-corrected chi connectivity index (χ0v) is 13.5. The van der Waals surface area contributed by atoms with Gasteiger partial charge in [-0.05, 0) is 30.2 Å². The second-order valence-electron chi connectivity index (χ2n) is 5.29. The fourth-order valence-electron chi connectivity index (χ4n) is 2.25. The molecule has 2 N–H and O–H groups in total. The number of hydrogen-bond acceptors (Lipinski definition) is 4. The molecule has 1 fully saturated rings. The van der Waals surface area contributed by atoms with Crippen LogP contribution < -0.4 is 20.1 Å². The molecule has 1 aromatic carbocycles. The van der Waals surface area contributed by atoms with Crippen molar-refractivity contribution >= 4 is 18.0 Å². The number of hydrogen-bond donors (Lipinski definition) is 2. The molecule has 0 aliphatic carbocycles. The summed E-state index contributed by atoms with van der Waals surface area (Å²) in [6.45, 7) is 2.82. The van der Waals surface area contributed by atoms with Gasteiger partial charge >= 0.3 is 6.03 Å². The van der Waals surface area contributed by atoms with Crippen molar-refractivity contribution in [1.82, 2.24) is 10.6 Å². The summed E-state index contributed by atoms with van der Waals surface area (Å²) in [5.41, 5.74) is 0.956. The Morgan fingerprint density at radius 3 is 2.57 bits per heavy atom. The number of benzene rings is 1. The minimum Gasteiger partial charge on any atom is -0.493 e. The lowest BCUT2D eigenvalue weighted by Crippen LogP contribution is -2.22. The molecule has 2 rings (SSSR count). The highest BCUT2D eigenvalue weighted by atomic mass is 16.5. The molecule has 0 atom stereocenters. The zero-order chi connectivity index (χ0) is 16.7. The van der Waals surface area contributed by atoms with Crippen molar-refractivity contribution in [3.63, 3.8) is 0 Å². The molecular weight excluding hydrogens is 296 g/mol. The molecule has 23 heavy (non-hydrogen) atoms. The molecule has 0 unspecified atom stereocenters. The molecule has 6 heteroatoms. The van der Waals surface area contributed by atoms with E-state index < -0.39 is 11.9 Å². The van der Waals surface area contributed by atoms with Crippen LogP contribution in [0.2, 0.25) is 0 Å². The van der Waals surface area contributed by atoms with Crippen LogP contribution in [-0.4, -0.2) is 25.7 Å². The molecule has 6 nitrogen and oxygen atoms in total. The smallest absolute Gasteiger partial charge is 0.326 e. The van der Waals surface area contributed by atoms with E-state index in [1.165, 1.54) is 12.8 Å². The van der Waals surface area contributed by atoms with Gasteiger partial charge < -0.3 is 14.8 Å². The van der Waals surface area contributed by atoms with Crippen molar-refractivity contribution in [1.29, 1.82) is 0 Å². The third-order valence-electron chi connectivity index (χ3n) is 3.47. The summed E-state index contributed by atoms with van der Waals surface area (Å²) in [7, 11) is 1.57. The molecule has 1 aliphatic heterocycles. The van der Waals surface area contributed by atoms with Gasteiger partial charge in [0, 0.05) is 0 Å². The summed E-state index contributed by atoms with van der Waals surface area (Å²) in [5, 5.41) is 4.61. The second kappa shape index (κ2) is 8.22. The van der Waals surface area contributed by atoms with Gasteiger partial charge in [0.1, 0.15) is 5.70 Å². The molecule has 0 bridgehead atoms. The molecule has 0 spiro atoms. The topological polar surface area (TPSA) is 76.7 Å². The highest BCUT2D eigenvalue weighted by molar-refractivity contribution is 6.13. The predicted molar refractivity (Wildman–Crippen MR) is 87.3 cm³/mol. The monoisotopic (exact) mass is 318 g/mol. The van der Waals surface area contributed by atoms with Crippen LogP contribution in [0.15, 0.2) is 23.9 Å². The Morgan fingerprint density at radius 2 is 1.91 bits per heavy atom. The van der Waals surface area contributed by atoms with Gasteiger partial charge in [0.25, 0.3) is 5.91 Å². The highest BCUT2D eigenvalue weighted by Gasteiger charge is 2.22. The zero-order valence-electron chi connectivity index (χ0n) is 13.5. The number of nitrogens with one attached hydrogen (secondary N) is 2. The number of rotatable bonds is 8. The molecule has 124 valence electrons. The molecule has 0 saturated carbocycles. The first-order chi connectivity index (χ1) is 11.1. The molecule has 0 aromatic heterocycles. The SMILES string of the molecule is CCCCCCOc1ccc(/C=C2\NC(=O)NC2=O)cc1OC. The molecule has 1 saturated heterocycles. The number of carbonyl (C=O) groups is 2. The summed E-state index contributed by atoms with van der Waals surface area (Å²) < 4.78 is 11.1. The van der Waals surface area contributed by atoms with Gasteiger partial charge in [-0.2, -0.15) is 0 Å². The lowest BCUT2D eigenvalue weighted by Gasteiger charge is -2.11. The van der Waals surface area contributed by atoms with Crippen molar-refractivity contribution in [3.05, 3.63) is 29.5 Å². The Hall–Kier alpha value is -2.50. The first kappa shape index (κ1) is 16.9. The second-order valence-corrected chi connectivity index (χ2v) is 5.29. The molecule has 1 aromatic rings. The number of carbonyl (C=O) groups excluding carboxylic acids is 2. The summed E-state index contributed by atoms with van der Waals surface area (Å²) in [5.74, 6) is 0.829. The van der Waals surface area contributed by atoms with E-state index in [1.807, 2.05) is 6.07 Å². The minimum atomic E-state index is -0.514. The average molecular weight is 318 g/mol. The van der Waals surface area contributed by atoms with Crippen molar-refractivity contribution in [3.8, 4) is 11.5 Å². The third-order valence-corrected chi connectivity index (χ3v) is 3.47. The van der Waals surface area contributed by atoms with Crippen LogP contribution in [0.3, 0.4) is 0 Å². The Kier molecular flexibility index (Phi) is 6.02. The Labute approximate surface area is 135 Å². The van der Waals surface area contributed by atoms with E-state index in [-0.39, 0.29) is 5.70 Å². The maximum Gasteiger partial charge on any atom is 0.326 e. The van der Waals surface area contributed by atoms with Crippen LogP contribution in [-0.2, 0) is 4.79 Å². The van der Waals surface area contributed by atoms with E-state index in [0.29, 0.717) is 18.1 Å². The predicted octanol–water partition coefficient (Wildman–Crippen LogP) is 2.83. The molecule has 3 amide bonds. The molecule has 1 aliphatic rings. The van der Waals surface area contributed by atoms with Gasteiger partial charge in [0.15, 0.2) is 11.5 Å². The fraction of sp³-hybridized carbons (Fsp3) is 0.412. The van der Waals surface area contributed by atoms with Crippen LogP contribution in [0.4, 0.5) is 4.79 Å². The molecular formula is C17H22N2O4. The molecule has 1 heterocycles. The largest absolute Gasteiger partial charge is 0.493 e. The van der Waals surface area contributed by atoms with Crippen LogP contribution in [0.25, 0.3) is 6.08 Å². The van der Waals surface area contributed by atoms with Gasteiger partial charge in [0.05, 0.1) is 13.7 Å². The maximum atomic E-state index is 11.5. The Morgan fingerprint density at radius 1 is 1.09 bits per heavy atom. The number of amides is 3. The Bertz CT molecular complexity index is 611.